The fourth-order valence-corrected chi connectivity index (χ4v) is 2.31. The Morgan fingerprint density at radius 2 is 1.88 bits per heavy atom. The summed E-state index contributed by atoms with van der Waals surface area (Å²) in [7, 11) is 3.08. The molecule has 0 aliphatic heterocycles. The van der Waals surface area contributed by atoms with E-state index < -0.39 is 0 Å². The van der Waals surface area contributed by atoms with E-state index in [0.717, 1.165) is 0 Å². The maximum absolute atomic E-state index is 12.0. The summed E-state index contributed by atoms with van der Waals surface area (Å²) in [6.07, 6.45) is 0.151. The van der Waals surface area contributed by atoms with Crippen LogP contribution >= 0.6 is 23.2 Å². The predicted octanol–water partition coefficient (Wildman–Crippen LogP) is 4.42. The molecule has 0 atom stereocenters. The van der Waals surface area contributed by atoms with Crippen molar-refractivity contribution in [3.05, 3.63) is 46.4 Å². The lowest BCUT2D eigenvalue weighted by molar-refractivity contribution is -0.116. The van der Waals surface area contributed by atoms with Crippen LogP contribution in [-0.2, 0) is 4.79 Å². The van der Waals surface area contributed by atoms with E-state index in [2.05, 4.69) is 5.32 Å². The van der Waals surface area contributed by atoms with Crippen LogP contribution in [0.2, 0.25) is 10.0 Å². The molecule has 0 spiro atoms. The number of rotatable bonds is 7. The maximum Gasteiger partial charge on any atom is 0.227 e. The molecule has 0 heterocycles. The zero-order valence-electron chi connectivity index (χ0n) is 13.3. The van der Waals surface area contributed by atoms with Crippen molar-refractivity contribution >= 4 is 34.8 Å². The zero-order valence-corrected chi connectivity index (χ0v) is 14.8. The second-order valence-corrected chi connectivity index (χ2v) is 5.55. The summed E-state index contributed by atoms with van der Waals surface area (Å²) in [5.74, 6) is 1.39. The van der Waals surface area contributed by atoms with Crippen LogP contribution in [0.4, 0.5) is 5.69 Å². The van der Waals surface area contributed by atoms with Gasteiger partial charge in [0, 0.05) is 6.07 Å². The molecule has 0 bridgehead atoms. The normalized spacial score (nSPS) is 10.2. The SMILES string of the molecule is COc1ccc(NC(=O)CCOc2cccc(Cl)c2Cl)c(OC)c1. The van der Waals surface area contributed by atoms with Crippen LogP contribution in [0.25, 0.3) is 0 Å². The molecule has 128 valence electrons. The zero-order chi connectivity index (χ0) is 17.5. The van der Waals surface area contributed by atoms with E-state index >= 15 is 0 Å². The number of hydrogen-bond donors (Lipinski definition) is 1. The summed E-state index contributed by atoms with van der Waals surface area (Å²) in [4.78, 5) is 12.0. The average Bonchev–Trinajstić information content (AvgIpc) is 2.59. The molecule has 1 amide bonds. The molecule has 2 aromatic carbocycles. The van der Waals surface area contributed by atoms with Crippen molar-refractivity contribution in [2.75, 3.05) is 26.1 Å². The molecule has 0 unspecified atom stereocenters. The van der Waals surface area contributed by atoms with Crippen molar-refractivity contribution in [3.8, 4) is 17.2 Å². The second-order valence-electron chi connectivity index (χ2n) is 4.76. The van der Waals surface area contributed by atoms with Gasteiger partial charge < -0.3 is 19.5 Å². The Kier molecular flexibility index (Phi) is 6.58. The molecular formula is C17H17Cl2NO4. The third-order valence-corrected chi connectivity index (χ3v) is 3.99. The van der Waals surface area contributed by atoms with Crippen molar-refractivity contribution in [1.29, 1.82) is 0 Å². The number of benzene rings is 2. The number of halogens is 2. The lowest BCUT2D eigenvalue weighted by Gasteiger charge is -2.12. The minimum atomic E-state index is -0.211. The Morgan fingerprint density at radius 3 is 2.58 bits per heavy atom. The fraction of sp³-hybridized carbons (Fsp3) is 0.235. The van der Waals surface area contributed by atoms with Gasteiger partial charge in [-0.2, -0.15) is 0 Å². The van der Waals surface area contributed by atoms with E-state index in [1.165, 1.54) is 7.11 Å². The van der Waals surface area contributed by atoms with Gasteiger partial charge in [0.1, 0.15) is 22.3 Å². The van der Waals surface area contributed by atoms with E-state index in [-0.39, 0.29) is 18.9 Å². The summed E-state index contributed by atoms with van der Waals surface area (Å²) in [6.45, 7) is 0.171. The average molecular weight is 370 g/mol. The van der Waals surface area contributed by atoms with Gasteiger partial charge in [-0.15, -0.1) is 0 Å². The van der Waals surface area contributed by atoms with Gasteiger partial charge in [0.25, 0.3) is 0 Å². The van der Waals surface area contributed by atoms with Crippen LogP contribution in [0.3, 0.4) is 0 Å². The highest BCUT2D eigenvalue weighted by Gasteiger charge is 2.10. The number of nitrogens with one attached hydrogen (secondary N) is 1. The second kappa shape index (κ2) is 8.66. The Balaban J connectivity index is 1.91. The topological polar surface area (TPSA) is 56.8 Å². The Hall–Kier alpha value is -2.11. The molecule has 0 fully saturated rings. The summed E-state index contributed by atoms with van der Waals surface area (Å²) in [5, 5.41) is 3.50. The minimum Gasteiger partial charge on any atom is -0.497 e. The van der Waals surface area contributed by atoms with Crippen LogP contribution in [0.1, 0.15) is 6.42 Å². The van der Waals surface area contributed by atoms with E-state index in [1.54, 1.807) is 43.5 Å². The summed E-state index contributed by atoms with van der Waals surface area (Å²) < 4.78 is 15.8. The Morgan fingerprint density at radius 1 is 1.08 bits per heavy atom. The van der Waals surface area contributed by atoms with Crippen LogP contribution in [-0.4, -0.2) is 26.7 Å². The number of carbonyl (C=O) groups excluding carboxylic acids is 1. The summed E-state index contributed by atoms with van der Waals surface area (Å²) in [6, 6.07) is 10.2. The molecule has 0 aliphatic carbocycles. The summed E-state index contributed by atoms with van der Waals surface area (Å²) >= 11 is 11.9. The van der Waals surface area contributed by atoms with Gasteiger partial charge in [-0.3, -0.25) is 4.79 Å². The van der Waals surface area contributed by atoms with E-state index in [0.29, 0.717) is 33.0 Å². The molecule has 7 heteroatoms. The largest absolute Gasteiger partial charge is 0.497 e. The molecule has 2 aromatic rings. The molecule has 5 nitrogen and oxygen atoms in total. The standard InChI is InChI=1S/C17H17Cl2NO4/c1-22-11-6-7-13(15(10-11)23-2)20-16(21)8-9-24-14-5-3-4-12(18)17(14)19/h3-7,10H,8-9H2,1-2H3,(H,20,21). The lowest BCUT2D eigenvalue weighted by atomic mass is 10.2. The van der Waals surface area contributed by atoms with Crippen LogP contribution in [0.5, 0.6) is 17.2 Å². The van der Waals surface area contributed by atoms with Crippen LogP contribution < -0.4 is 19.5 Å². The number of ether oxygens (including phenoxy) is 3. The maximum atomic E-state index is 12.0. The van der Waals surface area contributed by atoms with Crippen molar-refractivity contribution in [1.82, 2.24) is 0 Å². The molecule has 0 radical (unpaired) electrons. The minimum absolute atomic E-state index is 0.151. The van der Waals surface area contributed by atoms with Gasteiger partial charge in [-0.25, -0.2) is 0 Å². The molecule has 0 aliphatic rings. The van der Waals surface area contributed by atoms with E-state index in [4.69, 9.17) is 37.4 Å². The highest BCUT2D eigenvalue weighted by atomic mass is 35.5. The Labute approximate surface area is 150 Å². The number of carbonyl (C=O) groups is 1. The van der Waals surface area contributed by atoms with E-state index in [9.17, 15) is 4.79 Å². The first-order valence-electron chi connectivity index (χ1n) is 7.14. The van der Waals surface area contributed by atoms with E-state index in [1.807, 2.05) is 0 Å². The van der Waals surface area contributed by atoms with Gasteiger partial charge in [-0.05, 0) is 24.3 Å². The summed E-state index contributed by atoms with van der Waals surface area (Å²) in [5.41, 5.74) is 0.559. The molecule has 24 heavy (non-hydrogen) atoms. The smallest absolute Gasteiger partial charge is 0.227 e. The highest BCUT2D eigenvalue weighted by Crippen LogP contribution is 2.32. The van der Waals surface area contributed by atoms with Crippen LogP contribution in [0, 0.1) is 0 Å². The molecular weight excluding hydrogens is 353 g/mol. The molecule has 0 saturated heterocycles. The number of amides is 1. The third kappa shape index (κ3) is 4.69. The molecule has 0 aromatic heterocycles. The van der Waals surface area contributed by atoms with Crippen LogP contribution in [0.15, 0.2) is 36.4 Å². The van der Waals surface area contributed by atoms with Crippen molar-refractivity contribution in [2.45, 2.75) is 6.42 Å². The third-order valence-electron chi connectivity index (χ3n) is 3.19. The molecule has 2 rings (SSSR count). The van der Waals surface area contributed by atoms with Gasteiger partial charge in [0.15, 0.2) is 0 Å². The quantitative estimate of drug-likeness (QED) is 0.784. The van der Waals surface area contributed by atoms with Gasteiger partial charge in [-0.1, -0.05) is 29.3 Å². The van der Waals surface area contributed by atoms with Gasteiger partial charge >= 0.3 is 0 Å². The highest BCUT2D eigenvalue weighted by molar-refractivity contribution is 6.42. The number of hydrogen-bond acceptors (Lipinski definition) is 4. The monoisotopic (exact) mass is 369 g/mol. The fourth-order valence-electron chi connectivity index (χ4n) is 1.96. The number of methoxy groups -OCH3 is 2. The van der Waals surface area contributed by atoms with Gasteiger partial charge in [0.2, 0.25) is 5.91 Å². The van der Waals surface area contributed by atoms with Gasteiger partial charge in [0.05, 0.1) is 38.0 Å². The first-order chi connectivity index (χ1) is 11.5. The molecule has 1 N–H and O–H groups in total. The Bertz CT molecular complexity index is 722. The number of anilines is 1. The first kappa shape index (κ1) is 18.2. The lowest BCUT2D eigenvalue weighted by Crippen LogP contribution is -2.15. The van der Waals surface area contributed by atoms with Crippen molar-refractivity contribution in [2.24, 2.45) is 0 Å². The predicted molar refractivity (Wildman–Crippen MR) is 94.7 cm³/mol. The molecule has 0 saturated carbocycles. The van der Waals surface area contributed by atoms with Crippen molar-refractivity contribution < 1.29 is 19.0 Å². The first-order valence-corrected chi connectivity index (χ1v) is 7.89. The van der Waals surface area contributed by atoms with Crippen molar-refractivity contribution in [3.63, 3.8) is 0 Å².